The Morgan fingerprint density at radius 1 is 1.27 bits per heavy atom. The Labute approximate surface area is 76.7 Å². The number of fused-ring (bicyclic) bond motifs is 1. The van der Waals surface area contributed by atoms with E-state index in [1.165, 1.54) is 6.07 Å². The Morgan fingerprint density at radius 3 is 2.91 bits per heavy atom. The van der Waals surface area contributed by atoms with E-state index in [0.717, 1.165) is 37.0 Å². The van der Waals surface area contributed by atoms with Gasteiger partial charge in [-0.3, -0.25) is 0 Å². The van der Waals surface area contributed by atoms with Gasteiger partial charge in [-0.2, -0.15) is 0 Å². The zero-order valence-electron chi connectivity index (χ0n) is 5.69. The van der Waals surface area contributed by atoms with Crippen LogP contribution in [0.5, 0.6) is 0 Å². The van der Waals surface area contributed by atoms with Gasteiger partial charge in [0.25, 0.3) is 0 Å². The number of halogens is 1. The zero-order chi connectivity index (χ0) is 7.84. The maximum absolute atomic E-state index is 12.9. The first-order chi connectivity index (χ1) is 5.29. The fraction of sp³-hybridized carbons (Fsp3) is 0. The van der Waals surface area contributed by atoms with Crippen LogP contribution in [0.3, 0.4) is 0 Å². The molecule has 1 nitrogen and oxygen atoms in total. The van der Waals surface area contributed by atoms with E-state index in [0.29, 0.717) is 0 Å². The number of hydrogen-bond acceptors (Lipinski definition) is 0. The van der Waals surface area contributed by atoms with Gasteiger partial charge >= 0.3 is 76.6 Å². The first-order valence-corrected chi connectivity index (χ1v) is 4.69. The number of hydrogen-bond donors (Lipinski definition) is 1. The van der Waals surface area contributed by atoms with Crippen LogP contribution in [0.4, 0.5) is 4.39 Å². The summed E-state index contributed by atoms with van der Waals surface area (Å²) < 4.78 is 13.7. The second kappa shape index (κ2) is 2.51. The summed E-state index contributed by atoms with van der Waals surface area (Å²) in [5.41, 5.74) is 1.01. The van der Waals surface area contributed by atoms with Crippen LogP contribution in [0, 0.1) is 5.82 Å². The van der Waals surface area contributed by atoms with Crippen molar-refractivity contribution >= 4 is 37.0 Å². The molecule has 0 bridgehead atoms. The molecule has 0 unspecified atom stereocenters. The van der Waals surface area contributed by atoms with Gasteiger partial charge in [-0.05, 0) is 0 Å². The van der Waals surface area contributed by atoms with E-state index in [1.54, 1.807) is 6.07 Å². The minimum absolute atomic E-state index is 0.102. The van der Waals surface area contributed by atoms with E-state index in [9.17, 15) is 4.39 Å². The van der Waals surface area contributed by atoms with Crippen LogP contribution in [0.15, 0.2) is 24.4 Å². The molecule has 0 amide bonds. The second-order valence-electron chi connectivity index (χ2n) is 2.36. The Morgan fingerprint density at radius 2 is 2.09 bits per heavy atom. The van der Waals surface area contributed by atoms with Crippen molar-refractivity contribution in [3.8, 4) is 0 Å². The summed E-state index contributed by atoms with van der Waals surface area (Å²) in [5.74, 6) is -0.102. The van der Waals surface area contributed by atoms with E-state index in [-0.39, 0.29) is 5.82 Å². The van der Waals surface area contributed by atoms with Crippen molar-refractivity contribution in [3.63, 3.8) is 0 Å². The van der Waals surface area contributed by atoms with Gasteiger partial charge in [-0.25, -0.2) is 0 Å². The predicted octanol–water partition coefficient (Wildman–Crippen LogP) is 1.10. The Balaban J connectivity index is 2.93. The van der Waals surface area contributed by atoms with E-state index in [4.69, 9.17) is 0 Å². The van der Waals surface area contributed by atoms with Gasteiger partial charge in [0.2, 0.25) is 0 Å². The van der Waals surface area contributed by atoms with Crippen LogP contribution < -0.4 is 3.58 Å². The van der Waals surface area contributed by atoms with Crippen LogP contribution in [-0.2, 0) is 0 Å². The van der Waals surface area contributed by atoms with Gasteiger partial charge in [0, 0.05) is 0 Å². The molecule has 1 aromatic carbocycles. The predicted molar refractivity (Wildman–Crippen MR) is 43.6 cm³/mol. The monoisotopic (exact) mass is 254 g/mol. The van der Waals surface area contributed by atoms with Crippen LogP contribution in [0.2, 0.25) is 0 Å². The van der Waals surface area contributed by atoms with Gasteiger partial charge < -0.3 is 0 Å². The number of rotatable bonds is 0. The summed E-state index contributed by atoms with van der Waals surface area (Å²) in [5, 5.41) is 1.00. The maximum atomic E-state index is 12.9. The van der Waals surface area contributed by atoms with Gasteiger partial charge in [0.1, 0.15) is 0 Å². The van der Waals surface area contributed by atoms with Crippen molar-refractivity contribution in [2.45, 2.75) is 0 Å². The zero-order valence-corrected chi connectivity index (χ0v) is 8.54. The molecule has 0 aliphatic heterocycles. The molecule has 1 aromatic heterocycles. The molecule has 1 N–H and O–H groups in total. The molecule has 1 heterocycles. The van der Waals surface area contributed by atoms with E-state index in [1.807, 2.05) is 12.3 Å². The summed E-state index contributed by atoms with van der Waals surface area (Å²) >= 11 is 1.12. The van der Waals surface area contributed by atoms with Crippen LogP contribution >= 0.6 is 0 Å². The number of aromatic nitrogens is 1. The molecule has 11 heavy (non-hydrogen) atoms. The number of H-pyrrole nitrogens is 1. The van der Waals surface area contributed by atoms with E-state index >= 15 is 0 Å². The normalized spacial score (nSPS) is 10.7. The summed E-state index contributed by atoms with van der Waals surface area (Å²) in [4.78, 5) is 3.04. The third-order valence-electron chi connectivity index (χ3n) is 1.68. The molecular formula is C8H5FNSn. The van der Waals surface area contributed by atoms with Crippen molar-refractivity contribution < 1.29 is 4.39 Å². The third-order valence-corrected chi connectivity index (χ3v) is 3.13. The SMILES string of the molecule is Fc1ccc2[nH]ccc2[c]1[Sn]. The van der Waals surface area contributed by atoms with Crippen molar-refractivity contribution in [2.24, 2.45) is 0 Å². The first-order valence-electron chi connectivity index (χ1n) is 3.26. The summed E-state index contributed by atoms with van der Waals surface area (Å²) in [6.45, 7) is 0. The molecule has 2 aromatic rings. The summed E-state index contributed by atoms with van der Waals surface area (Å²) in [6, 6.07) is 5.17. The summed E-state index contributed by atoms with van der Waals surface area (Å²) in [6.07, 6.45) is 1.83. The number of aromatic amines is 1. The average molecular weight is 253 g/mol. The molecule has 0 fully saturated rings. The van der Waals surface area contributed by atoms with Crippen molar-refractivity contribution in [1.29, 1.82) is 0 Å². The quantitative estimate of drug-likeness (QED) is 0.676. The molecule has 3 heteroatoms. The Hall–Kier alpha value is -0.511. The van der Waals surface area contributed by atoms with E-state index < -0.39 is 0 Å². The van der Waals surface area contributed by atoms with Gasteiger partial charge in [-0.1, -0.05) is 0 Å². The molecule has 0 atom stereocenters. The molecule has 3 radical (unpaired) electrons. The molecule has 0 saturated carbocycles. The van der Waals surface area contributed by atoms with Gasteiger partial charge in [0.05, 0.1) is 0 Å². The molecule has 2 rings (SSSR count). The molecule has 0 saturated heterocycles. The van der Waals surface area contributed by atoms with Gasteiger partial charge in [-0.15, -0.1) is 0 Å². The number of benzene rings is 1. The molecule has 53 valence electrons. The molecule has 0 spiro atoms. The average Bonchev–Trinajstić information content (AvgIpc) is 2.45. The first kappa shape index (κ1) is 7.15. The third kappa shape index (κ3) is 1.05. The van der Waals surface area contributed by atoms with Gasteiger partial charge in [0.15, 0.2) is 0 Å². The van der Waals surface area contributed by atoms with Crippen LogP contribution in [0.1, 0.15) is 0 Å². The summed E-state index contributed by atoms with van der Waals surface area (Å²) in [7, 11) is 0. The fourth-order valence-electron chi connectivity index (χ4n) is 1.11. The topological polar surface area (TPSA) is 15.8 Å². The van der Waals surface area contributed by atoms with Crippen molar-refractivity contribution in [3.05, 3.63) is 30.2 Å². The van der Waals surface area contributed by atoms with Crippen molar-refractivity contribution in [1.82, 2.24) is 4.98 Å². The standard InChI is InChI=1S/C8H5FN.Sn/c9-7-1-2-8-6(5-7)3-4-10-8;/h1-4,10H;. The van der Waals surface area contributed by atoms with Crippen LogP contribution in [0.25, 0.3) is 10.9 Å². The molecule has 0 aliphatic carbocycles. The Kier molecular flexibility index (Phi) is 1.64. The minimum atomic E-state index is -0.102. The molecular weight excluding hydrogens is 248 g/mol. The fourth-order valence-corrected chi connectivity index (χ4v) is 1.97. The Bertz CT molecular complexity index is 394. The van der Waals surface area contributed by atoms with Crippen molar-refractivity contribution in [2.75, 3.05) is 0 Å². The second-order valence-corrected chi connectivity index (χ2v) is 3.79. The number of nitrogens with one attached hydrogen (secondary N) is 1. The van der Waals surface area contributed by atoms with Crippen LogP contribution in [-0.4, -0.2) is 27.5 Å². The molecule has 0 aliphatic rings. The van der Waals surface area contributed by atoms with E-state index in [2.05, 4.69) is 4.98 Å².